The Hall–Kier alpha value is -3.08. The molecule has 3 heterocycles. The number of ether oxygens (including phenoxy) is 3. The molecule has 3 aromatic carbocycles. The van der Waals surface area contributed by atoms with E-state index in [2.05, 4.69) is 65.4 Å². The van der Waals surface area contributed by atoms with E-state index in [4.69, 9.17) is 34.2 Å². The molecule has 2 aliphatic rings. The third-order valence-electron chi connectivity index (χ3n) is 6.37. The van der Waals surface area contributed by atoms with Crippen molar-refractivity contribution in [3.63, 3.8) is 0 Å². The summed E-state index contributed by atoms with van der Waals surface area (Å²) in [6, 6.07) is 21.1. The average Bonchev–Trinajstić information content (AvgIpc) is 3.56. The van der Waals surface area contributed by atoms with Crippen LogP contribution in [0.5, 0.6) is 6.01 Å². The van der Waals surface area contributed by atoms with Gasteiger partial charge in [0.05, 0.1) is 29.3 Å². The van der Waals surface area contributed by atoms with Crippen LogP contribution in [0.3, 0.4) is 0 Å². The number of hydrogen-bond acceptors (Lipinski definition) is 7. The number of aromatic nitrogens is 2. The Kier molecular flexibility index (Phi) is 7.17. The zero-order valence-corrected chi connectivity index (χ0v) is 20.8. The van der Waals surface area contributed by atoms with Gasteiger partial charge >= 0.3 is 11.6 Å². The first kappa shape index (κ1) is 24.6. The van der Waals surface area contributed by atoms with Crippen LogP contribution in [0.15, 0.2) is 60.7 Å². The van der Waals surface area contributed by atoms with Crippen LogP contribution in [0.2, 0.25) is 5.02 Å². The third kappa shape index (κ3) is 4.93. The number of hydrogen-bond donors (Lipinski definition) is 2. The maximum atomic E-state index is 9.92. The first-order valence-electron chi connectivity index (χ1n) is 11.3. The summed E-state index contributed by atoms with van der Waals surface area (Å²) in [4.78, 5) is 7.78. The first-order valence-corrected chi connectivity index (χ1v) is 12.4. The maximum Gasteiger partial charge on any atom is 0.335 e. The van der Waals surface area contributed by atoms with Crippen molar-refractivity contribution in [1.82, 2.24) is 9.97 Å². The van der Waals surface area contributed by atoms with Crippen LogP contribution in [-0.2, 0) is 21.0 Å². The Morgan fingerprint density at radius 2 is 1.58 bits per heavy atom. The summed E-state index contributed by atoms with van der Waals surface area (Å²) in [5.74, 6) is 0. The van der Waals surface area contributed by atoms with E-state index in [1.165, 1.54) is 11.1 Å². The third-order valence-corrected chi connectivity index (χ3v) is 6.69. The molecule has 0 saturated carbocycles. The SMILES string of the molecule is Cc1ccc(-c2ccc(-c3cc4nc(O[C@@H]5CO[C@H]6[C@@H]5OC[C@H]6O)[nH]c4cc3Cl)cc2)cc1.O=S=O. The van der Waals surface area contributed by atoms with E-state index in [-0.39, 0.29) is 24.9 Å². The van der Waals surface area contributed by atoms with Gasteiger partial charge in [-0.05, 0) is 35.7 Å². The highest BCUT2D eigenvalue weighted by Gasteiger charge is 2.48. The standard InChI is InChI=1S/C26H23ClN2O4.O2S/c1-14-2-4-15(5-3-14)16-6-8-17(9-7-16)18-10-20-21(11-19(18)27)29-26(28-20)33-23-13-32-24-22(30)12-31-25(23)24;1-3-2/h2-11,22-25,30H,12-13H2,1H3,(H,28,29);/t22-,23-,24-,25-;/m1./s1. The molecule has 4 aromatic rings. The van der Waals surface area contributed by atoms with E-state index >= 15 is 0 Å². The number of nitrogens with one attached hydrogen (secondary N) is 1. The summed E-state index contributed by atoms with van der Waals surface area (Å²) in [7, 11) is 0. The van der Waals surface area contributed by atoms with Crippen LogP contribution in [0.4, 0.5) is 0 Å². The minimum absolute atomic E-state index is 0.261. The minimum atomic E-state index is -0.750. The van der Waals surface area contributed by atoms with Gasteiger partial charge < -0.3 is 24.3 Å². The van der Waals surface area contributed by atoms with E-state index < -0.39 is 17.7 Å². The van der Waals surface area contributed by atoms with Crippen LogP contribution in [0, 0.1) is 6.92 Å². The minimum Gasteiger partial charge on any atom is -0.456 e. The quantitative estimate of drug-likeness (QED) is 0.412. The fourth-order valence-electron chi connectivity index (χ4n) is 4.56. The molecule has 2 aliphatic heterocycles. The van der Waals surface area contributed by atoms with Crippen molar-refractivity contribution in [2.75, 3.05) is 13.2 Å². The van der Waals surface area contributed by atoms with Gasteiger partial charge in [-0.1, -0.05) is 65.7 Å². The van der Waals surface area contributed by atoms with Crippen molar-refractivity contribution in [3.8, 4) is 28.3 Å². The Morgan fingerprint density at radius 1 is 0.972 bits per heavy atom. The number of nitrogens with zero attached hydrogens (tertiary/aromatic N) is 1. The van der Waals surface area contributed by atoms with Gasteiger partial charge in [0.15, 0.2) is 6.10 Å². The van der Waals surface area contributed by atoms with Crippen LogP contribution in [-0.4, -0.2) is 61.1 Å². The molecule has 186 valence electrons. The Balaban J connectivity index is 0.000000848. The zero-order chi connectivity index (χ0) is 25.2. The van der Waals surface area contributed by atoms with Gasteiger partial charge in [0, 0.05) is 5.56 Å². The summed E-state index contributed by atoms with van der Waals surface area (Å²) in [6.45, 7) is 2.70. The molecular formula is C26H23ClN2O6S. The van der Waals surface area contributed by atoms with E-state index in [0.29, 0.717) is 17.6 Å². The molecule has 2 fully saturated rings. The van der Waals surface area contributed by atoms with E-state index in [1.54, 1.807) is 0 Å². The van der Waals surface area contributed by atoms with E-state index in [0.717, 1.165) is 27.7 Å². The number of halogens is 1. The summed E-state index contributed by atoms with van der Waals surface area (Å²) in [5, 5.41) is 10.5. The number of imidazole rings is 1. The first-order chi connectivity index (χ1) is 17.5. The molecule has 0 aliphatic carbocycles. The summed E-state index contributed by atoms with van der Waals surface area (Å²) in [6.07, 6.45) is -1.57. The number of benzene rings is 3. The van der Waals surface area contributed by atoms with E-state index in [1.807, 2.05) is 12.1 Å². The van der Waals surface area contributed by atoms with Crippen LogP contribution < -0.4 is 4.74 Å². The number of aromatic amines is 1. The number of aliphatic hydroxyl groups is 1. The van der Waals surface area contributed by atoms with Crippen LogP contribution in [0.25, 0.3) is 33.3 Å². The van der Waals surface area contributed by atoms with Crippen molar-refractivity contribution in [3.05, 3.63) is 71.2 Å². The lowest BCUT2D eigenvalue weighted by Gasteiger charge is -2.15. The lowest BCUT2D eigenvalue weighted by atomic mass is 9.99. The number of aryl methyl sites for hydroxylation is 1. The molecule has 8 nitrogen and oxygen atoms in total. The van der Waals surface area contributed by atoms with Gasteiger partial charge in [-0.3, -0.25) is 0 Å². The van der Waals surface area contributed by atoms with Gasteiger partial charge in [0.25, 0.3) is 6.01 Å². The Bertz CT molecular complexity index is 1400. The largest absolute Gasteiger partial charge is 0.456 e. The highest BCUT2D eigenvalue weighted by Crippen LogP contribution is 2.35. The second-order valence-electron chi connectivity index (χ2n) is 8.72. The molecule has 0 unspecified atom stereocenters. The molecule has 4 atom stereocenters. The zero-order valence-electron chi connectivity index (χ0n) is 19.2. The number of aliphatic hydroxyl groups excluding tert-OH is 1. The fourth-order valence-corrected chi connectivity index (χ4v) is 4.83. The van der Waals surface area contributed by atoms with Crippen molar-refractivity contribution in [1.29, 1.82) is 0 Å². The number of H-pyrrole nitrogens is 1. The van der Waals surface area contributed by atoms with Gasteiger partial charge in [0.1, 0.15) is 18.3 Å². The average molecular weight is 527 g/mol. The smallest absolute Gasteiger partial charge is 0.335 e. The predicted octanol–water partition coefficient (Wildman–Crippen LogP) is 4.09. The van der Waals surface area contributed by atoms with Gasteiger partial charge in [-0.15, -0.1) is 0 Å². The number of rotatable bonds is 4. The van der Waals surface area contributed by atoms with Crippen LogP contribution >= 0.6 is 11.6 Å². The lowest BCUT2D eigenvalue weighted by molar-refractivity contribution is 0.00706. The second-order valence-corrected chi connectivity index (χ2v) is 9.27. The molecule has 36 heavy (non-hydrogen) atoms. The highest BCUT2D eigenvalue weighted by molar-refractivity contribution is 7.51. The molecule has 0 radical (unpaired) electrons. The van der Waals surface area contributed by atoms with Gasteiger partial charge in [0.2, 0.25) is 0 Å². The molecule has 6 rings (SSSR count). The molecule has 0 amide bonds. The van der Waals surface area contributed by atoms with Crippen molar-refractivity contribution in [2.45, 2.75) is 31.3 Å². The van der Waals surface area contributed by atoms with Gasteiger partial charge in [-0.25, -0.2) is 0 Å². The topological polar surface area (TPSA) is 111 Å². The summed E-state index contributed by atoms with van der Waals surface area (Å²) in [5.41, 5.74) is 7.05. The van der Waals surface area contributed by atoms with Crippen molar-refractivity contribution in [2.24, 2.45) is 0 Å². The summed E-state index contributed by atoms with van der Waals surface area (Å²) >= 11 is 5.87. The monoisotopic (exact) mass is 526 g/mol. The highest BCUT2D eigenvalue weighted by atomic mass is 35.5. The van der Waals surface area contributed by atoms with Gasteiger partial charge in [-0.2, -0.15) is 13.4 Å². The van der Waals surface area contributed by atoms with E-state index in [9.17, 15) is 5.11 Å². The maximum absolute atomic E-state index is 9.92. The lowest BCUT2D eigenvalue weighted by Crippen LogP contribution is -2.34. The predicted molar refractivity (Wildman–Crippen MR) is 136 cm³/mol. The summed E-state index contributed by atoms with van der Waals surface area (Å²) < 4.78 is 33.9. The molecule has 2 saturated heterocycles. The molecule has 1 aromatic heterocycles. The number of fused-ring (bicyclic) bond motifs is 2. The molecule has 2 N–H and O–H groups in total. The second kappa shape index (κ2) is 10.5. The van der Waals surface area contributed by atoms with Crippen LogP contribution in [0.1, 0.15) is 5.56 Å². The van der Waals surface area contributed by atoms with Crippen molar-refractivity contribution < 1.29 is 27.7 Å². The molecule has 10 heteroatoms. The Morgan fingerprint density at radius 3 is 2.28 bits per heavy atom. The molecular weight excluding hydrogens is 504 g/mol. The molecule has 0 spiro atoms. The Labute approximate surface area is 215 Å². The fraction of sp³-hybridized carbons (Fsp3) is 0.269. The van der Waals surface area contributed by atoms with Crippen molar-refractivity contribution >= 4 is 34.2 Å². The molecule has 0 bridgehead atoms. The normalized spacial score (nSPS) is 22.6.